The Bertz CT molecular complexity index is 889. The molecular formula is C22H24N2O. The minimum atomic E-state index is 0.658. The Labute approximate surface area is 149 Å². The molecule has 0 amide bonds. The molecule has 0 fully saturated rings. The van der Waals surface area contributed by atoms with Crippen LogP contribution in [0.1, 0.15) is 29.4 Å². The second-order valence-electron chi connectivity index (χ2n) is 6.19. The molecule has 1 heterocycles. The van der Waals surface area contributed by atoms with Gasteiger partial charge in [-0.2, -0.15) is 0 Å². The maximum absolute atomic E-state index is 5.53. The van der Waals surface area contributed by atoms with Crippen LogP contribution < -0.4 is 4.74 Å². The van der Waals surface area contributed by atoms with Gasteiger partial charge in [-0.15, -0.1) is 0 Å². The lowest BCUT2D eigenvalue weighted by Gasteiger charge is -2.09. The van der Waals surface area contributed by atoms with Crippen LogP contribution in [0, 0.1) is 20.8 Å². The van der Waals surface area contributed by atoms with Crippen LogP contribution in [-0.4, -0.2) is 17.4 Å². The number of aliphatic imine (C=N–C) groups is 1. The maximum Gasteiger partial charge on any atom is 0.121 e. The first-order chi connectivity index (χ1) is 12.1. The van der Waals surface area contributed by atoms with Gasteiger partial charge in [0.1, 0.15) is 5.75 Å². The van der Waals surface area contributed by atoms with Crippen LogP contribution in [0.25, 0.3) is 5.69 Å². The van der Waals surface area contributed by atoms with E-state index in [1.54, 1.807) is 0 Å². The van der Waals surface area contributed by atoms with E-state index in [0.717, 1.165) is 17.0 Å². The van der Waals surface area contributed by atoms with E-state index < -0.39 is 0 Å². The molecule has 0 aliphatic rings. The first kappa shape index (κ1) is 17.0. The van der Waals surface area contributed by atoms with Crippen LogP contribution in [0.5, 0.6) is 5.75 Å². The first-order valence-electron chi connectivity index (χ1n) is 8.61. The van der Waals surface area contributed by atoms with Crippen LogP contribution in [0.2, 0.25) is 0 Å². The number of benzene rings is 2. The number of aryl methyl sites for hydroxylation is 2. The van der Waals surface area contributed by atoms with Crippen molar-refractivity contribution >= 4 is 11.9 Å². The summed E-state index contributed by atoms with van der Waals surface area (Å²) in [6.07, 6.45) is 1.93. The Morgan fingerprint density at radius 1 is 1.00 bits per heavy atom. The Morgan fingerprint density at radius 3 is 2.48 bits per heavy atom. The lowest BCUT2D eigenvalue weighted by atomic mass is 10.2. The largest absolute Gasteiger partial charge is 0.494 e. The molecule has 25 heavy (non-hydrogen) atoms. The highest BCUT2D eigenvalue weighted by Crippen LogP contribution is 2.23. The Kier molecular flexibility index (Phi) is 5.03. The standard InChI is InChI=1S/C22H24N2O/c1-5-25-22-8-6-7-20(14-22)23-15-19-13-17(3)24(18(19)4)21-11-9-16(2)10-12-21/h6-15H,5H2,1-4H3. The third-order valence-corrected chi connectivity index (χ3v) is 4.24. The summed E-state index contributed by atoms with van der Waals surface area (Å²) in [6, 6.07) is 18.6. The minimum Gasteiger partial charge on any atom is -0.494 e. The van der Waals surface area contributed by atoms with Gasteiger partial charge >= 0.3 is 0 Å². The van der Waals surface area contributed by atoms with Gasteiger partial charge in [0.05, 0.1) is 12.3 Å². The van der Waals surface area contributed by atoms with Crippen molar-refractivity contribution in [2.75, 3.05) is 6.61 Å². The van der Waals surface area contributed by atoms with E-state index in [-0.39, 0.29) is 0 Å². The molecule has 0 N–H and O–H groups in total. The molecule has 3 heteroatoms. The van der Waals surface area contributed by atoms with Crippen molar-refractivity contribution in [2.24, 2.45) is 4.99 Å². The van der Waals surface area contributed by atoms with Crippen molar-refractivity contribution in [3.63, 3.8) is 0 Å². The monoisotopic (exact) mass is 332 g/mol. The number of hydrogen-bond donors (Lipinski definition) is 0. The average Bonchev–Trinajstić information content (AvgIpc) is 2.89. The first-order valence-corrected chi connectivity index (χ1v) is 8.61. The number of aromatic nitrogens is 1. The van der Waals surface area contributed by atoms with E-state index in [0.29, 0.717) is 6.61 Å². The molecule has 3 rings (SSSR count). The fraction of sp³-hybridized carbons (Fsp3) is 0.227. The third-order valence-electron chi connectivity index (χ3n) is 4.24. The second-order valence-corrected chi connectivity index (χ2v) is 6.19. The zero-order valence-corrected chi connectivity index (χ0v) is 15.3. The lowest BCUT2D eigenvalue weighted by Crippen LogP contribution is -1.99. The molecule has 1 aromatic heterocycles. The highest BCUT2D eigenvalue weighted by molar-refractivity contribution is 5.84. The molecule has 0 bridgehead atoms. The van der Waals surface area contributed by atoms with Gasteiger partial charge < -0.3 is 9.30 Å². The molecule has 0 saturated heterocycles. The van der Waals surface area contributed by atoms with Crippen LogP contribution >= 0.6 is 0 Å². The van der Waals surface area contributed by atoms with Crippen LogP contribution in [-0.2, 0) is 0 Å². The molecule has 0 atom stereocenters. The van der Waals surface area contributed by atoms with Crippen molar-refractivity contribution in [1.29, 1.82) is 0 Å². The summed E-state index contributed by atoms with van der Waals surface area (Å²) in [5, 5.41) is 0. The van der Waals surface area contributed by atoms with E-state index in [1.807, 2.05) is 37.4 Å². The molecule has 0 radical (unpaired) electrons. The predicted molar refractivity (Wildman–Crippen MR) is 105 cm³/mol. The molecule has 0 spiro atoms. The van der Waals surface area contributed by atoms with Gasteiger partial charge in [-0.3, -0.25) is 4.99 Å². The number of nitrogens with zero attached hydrogens (tertiary/aromatic N) is 2. The number of rotatable bonds is 5. The lowest BCUT2D eigenvalue weighted by molar-refractivity contribution is 0.340. The van der Waals surface area contributed by atoms with Gasteiger partial charge in [0.15, 0.2) is 0 Å². The summed E-state index contributed by atoms with van der Waals surface area (Å²) in [6.45, 7) is 9.00. The molecule has 128 valence electrons. The molecule has 0 unspecified atom stereocenters. The zero-order chi connectivity index (χ0) is 17.8. The summed E-state index contributed by atoms with van der Waals surface area (Å²) in [5.41, 5.74) is 6.85. The SMILES string of the molecule is CCOc1cccc(N=Cc2cc(C)n(-c3ccc(C)cc3)c2C)c1. The molecule has 0 saturated carbocycles. The highest BCUT2D eigenvalue weighted by atomic mass is 16.5. The van der Waals surface area contributed by atoms with Crippen molar-refractivity contribution in [1.82, 2.24) is 4.57 Å². The van der Waals surface area contributed by atoms with Gasteiger partial charge in [0, 0.05) is 34.9 Å². The van der Waals surface area contributed by atoms with E-state index in [1.165, 1.54) is 22.6 Å². The number of ether oxygens (including phenoxy) is 1. The summed E-state index contributed by atoms with van der Waals surface area (Å²) in [4.78, 5) is 4.62. The number of hydrogen-bond acceptors (Lipinski definition) is 2. The Balaban J connectivity index is 1.90. The molecule has 0 aliphatic carbocycles. The highest BCUT2D eigenvalue weighted by Gasteiger charge is 2.09. The van der Waals surface area contributed by atoms with Crippen molar-refractivity contribution in [2.45, 2.75) is 27.7 Å². The van der Waals surface area contributed by atoms with Gasteiger partial charge in [0.25, 0.3) is 0 Å². The third kappa shape index (κ3) is 3.82. The van der Waals surface area contributed by atoms with E-state index >= 15 is 0 Å². The summed E-state index contributed by atoms with van der Waals surface area (Å²) < 4.78 is 7.80. The molecule has 0 aliphatic heterocycles. The summed E-state index contributed by atoms with van der Waals surface area (Å²) >= 11 is 0. The van der Waals surface area contributed by atoms with E-state index in [9.17, 15) is 0 Å². The Hall–Kier alpha value is -2.81. The topological polar surface area (TPSA) is 26.5 Å². The fourth-order valence-electron chi connectivity index (χ4n) is 2.97. The average molecular weight is 332 g/mol. The smallest absolute Gasteiger partial charge is 0.121 e. The Morgan fingerprint density at radius 2 is 1.76 bits per heavy atom. The van der Waals surface area contributed by atoms with Crippen molar-refractivity contribution < 1.29 is 4.74 Å². The zero-order valence-electron chi connectivity index (χ0n) is 15.3. The quantitative estimate of drug-likeness (QED) is 0.562. The van der Waals surface area contributed by atoms with Crippen LogP contribution in [0.3, 0.4) is 0 Å². The van der Waals surface area contributed by atoms with Crippen molar-refractivity contribution in [3.05, 3.63) is 77.1 Å². The second kappa shape index (κ2) is 7.39. The fourth-order valence-corrected chi connectivity index (χ4v) is 2.97. The van der Waals surface area contributed by atoms with Gasteiger partial charge in [0.2, 0.25) is 0 Å². The minimum absolute atomic E-state index is 0.658. The van der Waals surface area contributed by atoms with Gasteiger partial charge in [-0.05, 0) is 58.0 Å². The molecule has 2 aromatic carbocycles. The molecular weight excluding hydrogens is 308 g/mol. The van der Waals surface area contributed by atoms with Gasteiger partial charge in [-0.25, -0.2) is 0 Å². The summed E-state index contributed by atoms with van der Waals surface area (Å²) in [5.74, 6) is 0.849. The summed E-state index contributed by atoms with van der Waals surface area (Å²) in [7, 11) is 0. The molecule has 3 nitrogen and oxygen atoms in total. The van der Waals surface area contributed by atoms with E-state index in [4.69, 9.17) is 4.74 Å². The van der Waals surface area contributed by atoms with Crippen LogP contribution in [0.15, 0.2) is 59.6 Å². The van der Waals surface area contributed by atoms with Gasteiger partial charge in [-0.1, -0.05) is 23.8 Å². The maximum atomic E-state index is 5.53. The van der Waals surface area contributed by atoms with Crippen LogP contribution in [0.4, 0.5) is 5.69 Å². The molecule has 3 aromatic rings. The van der Waals surface area contributed by atoms with Crippen molar-refractivity contribution in [3.8, 4) is 11.4 Å². The normalized spacial score (nSPS) is 11.2. The van der Waals surface area contributed by atoms with E-state index in [2.05, 4.69) is 60.7 Å². The predicted octanol–water partition coefficient (Wildman–Crippen LogP) is 5.55.